The highest BCUT2D eigenvalue weighted by Gasteiger charge is 2.33. The molecule has 0 fully saturated rings. The van der Waals surface area contributed by atoms with Crippen LogP contribution in [0.2, 0.25) is 0 Å². The number of carbonyl (C=O) groups excluding carboxylic acids is 2. The van der Waals surface area contributed by atoms with Crippen molar-refractivity contribution < 1.29 is 9.59 Å². The first-order valence-electron chi connectivity index (χ1n) is 11.9. The van der Waals surface area contributed by atoms with Gasteiger partial charge in [0.15, 0.2) is 0 Å². The Morgan fingerprint density at radius 3 is 2.41 bits per heavy atom. The van der Waals surface area contributed by atoms with Gasteiger partial charge in [-0.25, -0.2) is 9.79 Å². The molecule has 0 radical (unpaired) electrons. The summed E-state index contributed by atoms with van der Waals surface area (Å²) < 4.78 is 0. The van der Waals surface area contributed by atoms with Crippen molar-refractivity contribution in [3.8, 4) is 11.4 Å². The number of anilines is 2. The van der Waals surface area contributed by atoms with Gasteiger partial charge in [-0.05, 0) is 41.5 Å². The van der Waals surface area contributed by atoms with E-state index in [9.17, 15) is 9.59 Å². The number of benzodiazepines with no additional fused rings is 1. The van der Waals surface area contributed by atoms with Gasteiger partial charge in [-0.1, -0.05) is 62.4 Å². The van der Waals surface area contributed by atoms with E-state index < -0.39 is 12.2 Å². The maximum absolute atomic E-state index is 13.7. The lowest BCUT2D eigenvalue weighted by Gasteiger charge is -2.27. The molecule has 1 aliphatic heterocycles. The summed E-state index contributed by atoms with van der Waals surface area (Å²) in [6, 6.07) is 23.8. The molecule has 1 atom stereocenters. The zero-order valence-electron chi connectivity index (χ0n) is 20.4. The summed E-state index contributed by atoms with van der Waals surface area (Å²) in [7, 11) is 0. The molecule has 0 saturated heterocycles. The van der Waals surface area contributed by atoms with Gasteiger partial charge in [0, 0.05) is 28.9 Å². The molecule has 0 saturated carbocycles. The van der Waals surface area contributed by atoms with Gasteiger partial charge in [-0.15, -0.1) is 10.2 Å². The van der Waals surface area contributed by atoms with Crippen LogP contribution in [0.4, 0.5) is 16.2 Å². The summed E-state index contributed by atoms with van der Waals surface area (Å²) >= 11 is 0. The first-order chi connectivity index (χ1) is 18.0. The maximum Gasteiger partial charge on any atom is 0.321 e. The number of tetrazole rings is 1. The molecule has 3 aromatic carbocycles. The van der Waals surface area contributed by atoms with Crippen LogP contribution in [-0.2, 0) is 4.79 Å². The molecule has 2 heterocycles. The second-order valence-electron chi connectivity index (χ2n) is 9.02. The Bertz CT molecular complexity index is 1420. The number of aliphatic imine (C=N–C) groups is 1. The van der Waals surface area contributed by atoms with Gasteiger partial charge >= 0.3 is 6.03 Å². The number of amides is 3. The summed E-state index contributed by atoms with van der Waals surface area (Å²) in [6.45, 7) is 4.59. The molecule has 10 heteroatoms. The Kier molecular flexibility index (Phi) is 6.71. The van der Waals surface area contributed by atoms with Crippen molar-refractivity contribution >= 4 is 29.0 Å². The molecule has 0 spiro atoms. The van der Waals surface area contributed by atoms with E-state index in [1.165, 1.54) is 0 Å². The van der Waals surface area contributed by atoms with Crippen LogP contribution >= 0.6 is 0 Å². The normalized spacial score (nSPS) is 15.1. The van der Waals surface area contributed by atoms with Crippen molar-refractivity contribution in [2.24, 2.45) is 10.9 Å². The van der Waals surface area contributed by atoms with Crippen molar-refractivity contribution in [2.75, 3.05) is 16.8 Å². The summed E-state index contributed by atoms with van der Waals surface area (Å²) in [5.74, 6) is 0.366. The summed E-state index contributed by atoms with van der Waals surface area (Å²) in [5, 5.41) is 19.4. The number of nitrogens with zero attached hydrogens (tertiary/aromatic N) is 5. The van der Waals surface area contributed by atoms with Crippen molar-refractivity contribution in [1.82, 2.24) is 25.9 Å². The van der Waals surface area contributed by atoms with Gasteiger partial charge in [0.25, 0.3) is 5.91 Å². The fourth-order valence-electron chi connectivity index (χ4n) is 4.18. The van der Waals surface area contributed by atoms with Gasteiger partial charge in [-0.2, -0.15) is 5.21 Å². The number of benzene rings is 3. The number of rotatable bonds is 6. The SMILES string of the molecule is CC(C)CN1C(=O)[C@@H](NC(=O)Nc2ccc(-c3nn[nH]n3)cc2)N=C(c2ccccc2)c2ccccc21. The molecular weight excluding hydrogens is 468 g/mol. The van der Waals surface area contributed by atoms with E-state index in [1.807, 2.05) is 68.4 Å². The zero-order chi connectivity index (χ0) is 25.8. The van der Waals surface area contributed by atoms with Crippen LogP contribution in [0.1, 0.15) is 25.0 Å². The second kappa shape index (κ2) is 10.4. The van der Waals surface area contributed by atoms with E-state index in [4.69, 9.17) is 4.99 Å². The lowest BCUT2D eigenvalue weighted by atomic mass is 10.00. The fourth-order valence-corrected chi connectivity index (χ4v) is 4.18. The molecule has 1 aromatic heterocycles. The predicted octanol–water partition coefficient (Wildman–Crippen LogP) is 3.85. The number of hydrogen-bond acceptors (Lipinski definition) is 6. The Hall–Kier alpha value is -4.86. The van der Waals surface area contributed by atoms with Crippen LogP contribution < -0.4 is 15.5 Å². The third-order valence-corrected chi connectivity index (χ3v) is 5.82. The molecule has 37 heavy (non-hydrogen) atoms. The minimum atomic E-state index is -1.11. The smallest absolute Gasteiger partial charge is 0.308 e. The Balaban J connectivity index is 1.44. The number of urea groups is 1. The number of aromatic amines is 1. The first-order valence-corrected chi connectivity index (χ1v) is 11.9. The molecule has 1 aliphatic rings. The quantitative estimate of drug-likeness (QED) is 0.375. The largest absolute Gasteiger partial charge is 0.321 e. The minimum absolute atomic E-state index is 0.211. The average molecular weight is 495 g/mol. The van der Waals surface area contributed by atoms with Gasteiger partial charge in [0.1, 0.15) is 0 Å². The topological polar surface area (TPSA) is 128 Å². The maximum atomic E-state index is 13.7. The Morgan fingerprint density at radius 2 is 1.70 bits per heavy atom. The molecule has 0 bridgehead atoms. The lowest BCUT2D eigenvalue weighted by Crippen LogP contribution is -2.49. The molecule has 3 amide bonds. The lowest BCUT2D eigenvalue weighted by molar-refractivity contribution is -0.120. The molecule has 0 aliphatic carbocycles. The van der Waals surface area contributed by atoms with Crippen LogP contribution in [0.5, 0.6) is 0 Å². The predicted molar refractivity (Wildman–Crippen MR) is 141 cm³/mol. The van der Waals surface area contributed by atoms with Gasteiger partial charge in [0.2, 0.25) is 12.0 Å². The van der Waals surface area contributed by atoms with E-state index in [-0.39, 0.29) is 11.8 Å². The third-order valence-electron chi connectivity index (χ3n) is 5.82. The molecule has 10 nitrogen and oxygen atoms in total. The van der Waals surface area contributed by atoms with Gasteiger partial charge in [0.05, 0.1) is 11.4 Å². The summed E-state index contributed by atoms with van der Waals surface area (Å²) in [5.41, 5.74) is 4.40. The van der Waals surface area contributed by atoms with Gasteiger partial charge in [-0.3, -0.25) is 4.79 Å². The fraction of sp³-hybridized carbons (Fsp3) is 0.185. The third kappa shape index (κ3) is 5.22. The highest BCUT2D eigenvalue weighted by molar-refractivity contribution is 6.20. The molecule has 3 N–H and O–H groups in total. The number of aromatic nitrogens is 4. The number of carbonyl (C=O) groups is 2. The van der Waals surface area contributed by atoms with Crippen LogP contribution in [-0.4, -0.2) is 51.0 Å². The van der Waals surface area contributed by atoms with E-state index in [0.717, 1.165) is 22.4 Å². The van der Waals surface area contributed by atoms with Crippen LogP contribution in [0.3, 0.4) is 0 Å². The van der Waals surface area contributed by atoms with Crippen LogP contribution in [0.25, 0.3) is 11.4 Å². The number of hydrogen-bond donors (Lipinski definition) is 3. The van der Waals surface area contributed by atoms with Crippen LogP contribution in [0, 0.1) is 5.92 Å². The van der Waals surface area contributed by atoms with E-state index in [2.05, 4.69) is 31.3 Å². The highest BCUT2D eigenvalue weighted by atomic mass is 16.2. The standard InChI is InChI=1S/C27H26N8O2/c1-17(2)16-35-22-11-7-6-10-21(22)23(18-8-4-3-5-9-18)29-25(26(35)36)30-27(37)28-20-14-12-19(13-15-20)24-31-33-34-32-24/h3-15,17,25H,16H2,1-2H3,(H2,28,30,37)(H,31,32,33,34)/t25-/m1/s1. The Morgan fingerprint density at radius 1 is 0.973 bits per heavy atom. The van der Waals surface area contributed by atoms with Gasteiger partial charge < -0.3 is 15.5 Å². The van der Waals surface area contributed by atoms with E-state index in [1.54, 1.807) is 29.2 Å². The van der Waals surface area contributed by atoms with Crippen molar-refractivity contribution in [3.63, 3.8) is 0 Å². The minimum Gasteiger partial charge on any atom is -0.308 e. The van der Waals surface area contributed by atoms with Crippen molar-refractivity contribution in [2.45, 2.75) is 20.0 Å². The zero-order valence-corrected chi connectivity index (χ0v) is 20.4. The molecule has 4 aromatic rings. The first kappa shape index (κ1) is 23.9. The number of H-pyrrole nitrogens is 1. The summed E-state index contributed by atoms with van der Waals surface area (Å²) in [6.07, 6.45) is -1.11. The number of fused-ring (bicyclic) bond motifs is 1. The Labute approximate surface area is 213 Å². The van der Waals surface area contributed by atoms with E-state index in [0.29, 0.717) is 23.8 Å². The second-order valence-corrected chi connectivity index (χ2v) is 9.02. The highest BCUT2D eigenvalue weighted by Crippen LogP contribution is 2.29. The molecule has 5 rings (SSSR count). The number of nitrogens with one attached hydrogen (secondary N) is 3. The van der Waals surface area contributed by atoms with E-state index >= 15 is 0 Å². The molecule has 186 valence electrons. The van der Waals surface area contributed by atoms with Crippen LogP contribution in [0.15, 0.2) is 83.9 Å². The number of para-hydroxylation sites is 1. The average Bonchev–Trinajstić information content (AvgIpc) is 3.42. The molecular formula is C27H26N8O2. The van der Waals surface area contributed by atoms with Crippen molar-refractivity contribution in [1.29, 1.82) is 0 Å². The van der Waals surface area contributed by atoms with Crippen molar-refractivity contribution in [3.05, 3.63) is 90.0 Å². The molecule has 0 unspecified atom stereocenters. The monoisotopic (exact) mass is 494 g/mol. The summed E-state index contributed by atoms with van der Waals surface area (Å²) in [4.78, 5) is 33.2.